The van der Waals surface area contributed by atoms with Crippen molar-refractivity contribution in [1.82, 2.24) is 9.55 Å². The van der Waals surface area contributed by atoms with E-state index >= 15 is 0 Å². The predicted octanol–water partition coefficient (Wildman–Crippen LogP) is -0.398. The molecule has 0 atom stereocenters. The third-order valence-electron chi connectivity index (χ3n) is 3.09. The van der Waals surface area contributed by atoms with Crippen LogP contribution in [-0.4, -0.2) is 9.55 Å². The number of aromatic nitrogens is 2. The van der Waals surface area contributed by atoms with E-state index in [1.807, 2.05) is 60.7 Å². The number of benzene rings is 2. The van der Waals surface area contributed by atoms with Crippen LogP contribution in [0.2, 0.25) is 0 Å². The summed E-state index contributed by atoms with van der Waals surface area (Å²) in [5.41, 5.74) is 1.31. The fraction of sp³-hybridized carbons (Fsp3) is 0.0588. The summed E-state index contributed by atoms with van der Waals surface area (Å²) in [6.07, 6.45) is 0. The standard InChI is InChI=1S/C17H14N2O2S.K/c20-15-11-16(21)19(14-9-5-2-6-10-14)17(18-15)22-12-13-7-3-1-4-8-13;/h1-11,21H,12H2;/q;+1/p-1. The largest absolute Gasteiger partial charge is 1.00 e. The molecule has 0 aliphatic heterocycles. The zero-order chi connectivity index (χ0) is 15.4. The summed E-state index contributed by atoms with van der Waals surface area (Å²) in [6, 6.07) is 20.1. The molecule has 0 unspecified atom stereocenters. The summed E-state index contributed by atoms with van der Waals surface area (Å²) in [5.74, 6) is 0.283. The van der Waals surface area contributed by atoms with Crippen LogP contribution in [0.25, 0.3) is 5.69 Å². The number of nitrogens with zero attached hydrogens (tertiary/aromatic N) is 2. The molecule has 0 N–H and O–H groups in total. The predicted molar refractivity (Wildman–Crippen MR) is 85.3 cm³/mol. The van der Waals surface area contributed by atoms with E-state index in [0.29, 0.717) is 16.6 Å². The van der Waals surface area contributed by atoms with Crippen molar-refractivity contribution in [2.75, 3.05) is 0 Å². The minimum Gasteiger partial charge on any atom is -0.860 e. The van der Waals surface area contributed by atoms with Crippen LogP contribution in [0, 0.1) is 0 Å². The Kier molecular flexibility index (Phi) is 7.07. The van der Waals surface area contributed by atoms with Gasteiger partial charge in [-0.1, -0.05) is 60.3 Å². The molecule has 0 spiro atoms. The van der Waals surface area contributed by atoms with Crippen LogP contribution in [0.15, 0.2) is 76.7 Å². The topological polar surface area (TPSA) is 57.9 Å². The minimum atomic E-state index is -0.507. The molecule has 0 fully saturated rings. The molecule has 0 bridgehead atoms. The van der Waals surface area contributed by atoms with Gasteiger partial charge in [-0.15, -0.1) is 0 Å². The second kappa shape index (κ2) is 8.82. The summed E-state index contributed by atoms with van der Waals surface area (Å²) in [7, 11) is 0. The van der Waals surface area contributed by atoms with Gasteiger partial charge in [0.15, 0.2) is 5.16 Å². The minimum absolute atomic E-state index is 0. The molecule has 1 heterocycles. The summed E-state index contributed by atoms with van der Waals surface area (Å²) in [6.45, 7) is 0. The van der Waals surface area contributed by atoms with Gasteiger partial charge in [-0.05, 0) is 23.6 Å². The van der Waals surface area contributed by atoms with Gasteiger partial charge in [0.2, 0.25) is 0 Å². The quantitative estimate of drug-likeness (QED) is 0.366. The monoisotopic (exact) mass is 348 g/mol. The van der Waals surface area contributed by atoms with E-state index in [9.17, 15) is 9.90 Å². The zero-order valence-electron chi connectivity index (χ0n) is 12.7. The van der Waals surface area contributed by atoms with Gasteiger partial charge in [0, 0.05) is 17.5 Å². The fourth-order valence-corrected chi connectivity index (χ4v) is 3.04. The SMILES string of the molecule is O=c1cc([O-])n(-c2ccccc2)c(SCc2ccccc2)n1.[K+]. The average molecular weight is 348 g/mol. The van der Waals surface area contributed by atoms with Gasteiger partial charge >= 0.3 is 51.4 Å². The van der Waals surface area contributed by atoms with Crippen LogP contribution < -0.4 is 62.1 Å². The molecule has 2 aromatic carbocycles. The van der Waals surface area contributed by atoms with E-state index in [-0.39, 0.29) is 57.3 Å². The Morgan fingerprint density at radius 1 is 1.00 bits per heavy atom. The maximum atomic E-state index is 12.2. The van der Waals surface area contributed by atoms with Crippen molar-refractivity contribution in [1.29, 1.82) is 0 Å². The Bertz CT molecular complexity index is 823. The molecule has 0 aliphatic rings. The Morgan fingerprint density at radius 2 is 1.61 bits per heavy atom. The molecular formula is C17H13KN2O2S. The van der Waals surface area contributed by atoms with Gasteiger partial charge in [-0.25, -0.2) is 0 Å². The number of rotatable bonds is 4. The van der Waals surface area contributed by atoms with Crippen molar-refractivity contribution < 1.29 is 56.5 Å². The van der Waals surface area contributed by atoms with Gasteiger partial charge in [0.25, 0.3) is 5.56 Å². The molecule has 23 heavy (non-hydrogen) atoms. The number of hydrogen-bond acceptors (Lipinski definition) is 4. The molecular weight excluding hydrogens is 335 g/mol. The second-order valence-corrected chi connectivity index (χ2v) is 5.60. The van der Waals surface area contributed by atoms with Crippen LogP contribution in [0.1, 0.15) is 5.56 Å². The fourth-order valence-electron chi connectivity index (χ4n) is 2.07. The Morgan fingerprint density at radius 3 is 2.26 bits per heavy atom. The van der Waals surface area contributed by atoms with Gasteiger partial charge in [0.1, 0.15) is 0 Å². The van der Waals surface area contributed by atoms with Crippen molar-refractivity contribution in [3.8, 4) is 11.6 Å². The number of hydrogen-bond donors (Lipinski definition) is 0. The van der Waals surface area contributed by atoms with Gasteiger partial charge in [0.05, 0.1) is 0 Å². The first-order chi connectivity index (χ1) is 10.7. The zero-order valence-corrected chi connectivity index (χ0v) is 16.6. The van der Waals surface area contributed by atoms with E-state index in [1.165, 1.54) is 16.3 Å². The van der Waals surface area contributed by atoms with E-state index in [2.05, 4.69) is 4.98 Å². The van der Waals surface area contributed by atoms with Crippen molar-refractivity contribution >= 4 is 11.8 Å². The average Bonchev–Trinajstić information content (AvgIpc) is 2.54. The van der Waals surface area contributed by atoms with E-state index < -0.39 is 5.56 Å². The van der Waals surface area contributed by atoms with Crippen molar-refractivity contribution in [3.63, 3.8) is 0 Å². The molecule has 6 heteroatoms. The Labute approximate surface area is 181 Å². The summed E-state index contributed by atoms with van der Waals surface area (Å²) >= 11 is 1.38. The van der Waals surface area contributed by atoms with Crippen LogP contribution in [0.4, 0.5) is 0 Å². The first kappa shape index (κ1) is 18.4. The molecule has 3 rings (SSSR count). The molecule has 0 radical (unpaired) electrons. The first-order valence-corrected chi connectivity index (χ1v) is 7.76. The third kappa shape index (κ3) is 4.79. The van der Waals surface area contributed by atoms with Crippen LogP contribution in [0.3, 0.4) is 0 Å². The molecule has 110 valence electrons. The van der Waals surface area contributed by atoms with Crippen molar-refractivity contribution in [2.24, 2.45) is 0 Å². The number of thioether (sulfide) groups is 1. The molecule has 0 saturated carbocycles. The van der Waals surface area contributed by atoms with Crippen molar-refractivity contribution in [3.05, 3.63) is 82.6 Å². The van der Waals surface area contributed by atoms with E-state index in [0.717, 1.165) is 11.6 Å². The summed E-state index contributed by atoms with van der Waals surface area (Å²) < 4.78 is 1.47. The van der Waals surface area contributed by atoms with E-state index in [4.69, 9.17) is 0 Å². The van der Waals surface area contributed by atoms with Crippen LogP contribution in [-0.2, 0) is 5.75 Å². The molecule has 0 aliphatic carbocycles. The first-order valence-electron chi connectivity index (χ1n) is 6.77. The maximum absolute atomic E-state index is 12.2. The van der Waals surface area contributed by atoms with Gasteiger partial charge in [-0.2, -0.15) is 4.98 Å². The van der Waals surface area contributed by atoms with E-state index in [1.54, 1.807) is 0 Å². The Balaban J connectivity index is 0.00000192. The summed E-state index contributed by atoms with van der Waals surface area (Å²) in [5, 5.41) is 12.6. The van der Waals surface area contributed by atoms with Crippen LogP contribution >= 0.6 is 11.8 Å². The molecule has 1 aromatic heterocycles. The normalized spacial score (nSPS) is 10.1. The smallest absolute Gasteiger partial charge is 0.860 e. The molecule has 3 aromatic rings. The maximum Gasteiger partial charge on any atom is 1.00 e. The molecule has 0 saturated heterocycles. The second-order valence-electron chi connectivity index (χ2n) is 4.66. The Hall–Kier alpha value is -0.894. The van der Waals surface area contributed by atoms with Gasteiger partial charge in [-0.3, -0.25) is 4.79 Å². The number of para-hydroxylation sites is 1. The molecule has 0 amide bonds. The summed E-state index contributed by atoms with van der Waals surface area (Å²) in [4.78, 5) is 15.6. The van der Waals surface area contributed by atoms with Crippen molar-refractivity contribution in [2.45, 2.75) is 10.9 Å². The van der Waals surface area contributed by atoms with Gasteiger partial charge < -0.3 is 9.67 Å². The third-order valence-corrected chi connectivity index (χ3v) is 4.10. The van der Waals surface area contributed by atoms with Crippen LogP contribution in [0.5, 0.6) is 5.88 Å². The molecule has 4 nitrogen and oxygen atoms in total.